The molecule has 0 heterocycles. The van der Waals surface area contributed by atoms with Crippen LogP contribution in [-0.2, 0) is 19.2 Å². The molecule has 0 rings (SSSR count). The van der Waals surface area contributed by atoms with Crippen LogP contribution in [0.5, 0.6) is 0 Å². The minimum absolute atomic E-state index is 0.0248. The van der Waals surface area contributed by atoms with Crippen molar-refractivity contribution in [2.45, 2.75) is 65.1 Å². The number of carbonyl (C=O) groups excluding carboxylic acids is 3. The molecule has 0 radical (unpaired) electrons. The molecule has 0 spiro atoms. The zero-order chi connectivity index (χ0) is 21.9. The Labute approximate surface area is 165 Å². The van der Waals surface area contributed by atoms with E-state index >= 15 is 0 Å². The summed E-state index contributed by atoms with van der Waals surface area (Å²) in [6.07, 6.45) is 0.590. The average molecular weight is 402 g/mol. The normalized spacial score (nSPS) is 14.3. The van der Waals surface area contributed by atoms with Gasteiger partial charge in [-0.1, -0.05) is 27.7 Å². The minimum Gasteiger partial charge on any atom is -0.480 e. The third-order valence-corrected chi connectivity index (χ3v) is 3.87. The Morgan fingerprint density at radius 3 is 1.71 bits per heavy atom. The summed E-state index contributed by atoms with van der Waals surface area (Å²) in [5.74, 6) is -2.92. The molecule has 0 bridgehead atoms. The lowest BCUT2D eigenvalue weighted by molar-refractivity contribution is -0.143. The Hall–Kier alpha value is -2.20. The molecule has 0 fully saturated rings. The predicted molar refractivity (Wildman–Crippen MR) is 103 cm³/mol. The van der Waals surface area contributed by atoms with Crippen LogP contribution in [0, 0.1) is 11.8 Å². The highest BCUT2D eigenvalue weighted by Gasteiger charge is 2.29. The monoisotopic (exact) mass is 402 g/mol. The molecule has 0 aromatic carbocycles. The maximum Gasteiger partial charge on any atom is 0.326 e. The summed E-state index contributed by atoms with van der Waals surface area (Å²) < 4.78 is 0. The van der Waals surface area contributed by atoms with Gasteiger partial charge < -0.3 is 31.9 Å². The molecule has 0 saturated carbocycles. The van der Waals surface area contributed by atoms with Crippen LogP contribution in [0.2, 0.25) is 0 Å². The molecule has 0 saturated heterocycles. The average Bonchev–Trinajstić information content (AvgIpc) is 2.57. The van der Waals surface area contributed by atoms with Gasteiger partial charge in [0.25, 0.3) is 0 Å². The topological polar surface area (TPSA) is 171 Å². The van der Waals surface area contributed by atoms with E-state index in [1.807, 2.05) is 27.7 Å². The number of carboxylic acids is 1. The molecular weight excluding hydrogens is 368 g/mol. The number of aliphatic carboxylic acids is 1. The standard InChI is InChI=1S/C18H34N4O6/c1-10(2)7-12(20-15(24)5-6-19)16(25)22-14(9-23)17(26)21-13(18(27)28)8-11(3)4/h10-14,23H,5-9,19H2,1-4H3,(H,20,24)(H,21,26)(H,22,25)(H,27,28)/t12-,13-,14-/m0/s1. The molecule has 3 amide bonds. The first-order chi connectivity index (χ1) is 13.0. The van der Waals surface area contributed by atoms with Gasteiger partial charge in [0.15, 0.2) is 0 Å². The van der Waals surface area contributed by atoms with E-state index in [1.54, 1.807) is 0 Å². The quantitative estimate of drug-likeness (QED) is 0.228. The van der Waals surface area contributed by atoms with Crippen molar-refractivity contribution >= 4 is 23.7 Å². The van der Waals surface area contributed by atoms with Crippen LogP contribution in [0.15, 0.2) is 0 Å². The van der Waals surface area contributed by atoms with Crippen LogP contribution < -0.4 is 21.7 Å². The number of carboxylic acid groups (broad SMARTS) is 1. The van der Waals surface area contributed by atoms with E-state index < -0.39 is 48.4 Å². The summed E-state index contributed by atoms with van der Waals surface area (Å²) in [5, 5.41) is 26.0. The van der Waals surface area contributed by atoms with Crippen molar-refractivity contribution in [1.29, 1.82) is 0 Å². The predicted octanol–water partition coefficient (Wildman–Crippen LogP) is -1.04. The van der Waals surface area contributed by atoms with Gasteiger partial charge in [-0.3, -0.25) is 14.4 Å². The Morgan fingerprint density at radius 2 is 1.29 bits per heavy atom. The second-order valence-corrected chi connectivity index (χ2v) is 7.56. The van der Waals surface area contributed by atoms with E-state index in [9.17, 15) is 29.4 Å². The molecule has 10 nitrogen and oxygen atoms in total. The second-order valence-electron chi connectivity index (χ2n) is 7.56. The summed E-state index contributed by atoms with van der Waals surface area (Å²) in [4.78, 5) is 47.9. The number of rotatable bonds is 13. The molecule has 0 aromatic heterocycles. The fraction of sp³-hybridized carbons (Fsp3) is 0.778. The van der Waals surface area contributed by atoms with E-state index in [0.717, 1.165) is 0 Å². The summed E-state index contributed by atoms with van der Waals surface area (Å²) in [5.41, 5.74) is 5.33. The highest BCUT2D eigenvalue weighted by molar-refractivity contribution is 5.93. The first-order valence-corrected chi connectivity index (χ1v) is 9.45. The van der Waals surface area contributed by atoms with Crippen molar-refractivity contribution in [3.8, 4) is 0 Å². The van der Waals surface area contributed by atoms with Crippen molar-refractivity contribution in [3.63, 3.8) is 0 Å². The number of carbonyl (C=O) groups is 4. The molecule has 0 aromatic rings. The third kappa shape index (κ3) is 10.2. The molecule has 0 aliphatic heterocycles. The van der Waals surface area contributed by atoms with Gasteiger partial charge >= 0.3 is 5.97 Å². The highest BCUT2D eigenvalue weighted by atomic mass is 16.4. The first-order valence-electron chi connectivity index (χ1n) is 9.45. The van der Waals surface area contributed by atoms with Crippen LogP contribution in [0.3, 0.4) is 0 Å². The van der Waals surface area contributed by atoms with Crippen LogP contribution in [0.25, 0.3) is 0 Å². The Bertz CT molecular complexity index is 538. The zero-order valence-corrected chi connectivity index (χ0v) is 17.0. The molecule has 10 heteroatoms. The maximum absolute atomic E-state index is 12.5. The molecule has 0 aliphatic carbocycles. The number of nitrogens with two attached hydrogens (primary N) is 1. The van der Waals surface area contributed by atoms with Crippen LogP contribution >= 0.6 is 0 Å². The Kier molecular flexibility index (Phi) is 12.0. The van der Waals surface area contributed by atoms with Crippen molar-refractivity contribution in [1.82, 2.24) is 16.0 Å². The minimum atomic E-state index is -1.33. The Morgan fingerprint density at radius 1 is 0.821 bits per heavy atom. The number of nitrogens with one attached hydrogen (secondary N) is 3. The van der Waals surface area contributed by atoms with Gasteiger partial charge in [0.05, 0.1) is 6.61 Å². The molecule has 3 atom stereocenters. The SMILES string of the molecule is CC(C)C[C@H](NC(=O)[C@H](CO)NC(=O)[C@H](CC(C)C)NC(=O)CCN)C(=O)O. The molecule has 28 heavy (non-hydrogen) atoms. The number of aliphatic hydroxyl groups is 1. The zero-order valence-electron chi connectivity index (χ0n) is 17.0. The lowest BCUT2D eigenvalue weighted by Crippen LogP contribution is -2.57. The molecule has 7 N–H and O–H groups in total. The second kappa shape index (κ2) is 13.1. The van der Waals surface area contributed by atoms with Crippen LogP contribution in [0.4, 0.5) is 0 Å². The van der Waals surface area contributed by atoms with Crippen molar-refractivity contribution < 1.29 is 29.4 Å². The lowest BCUT2D eigenvalue weighted by Gasteiger charge is -2.24. The summed E-state index contributed by atoms with van der Waals surface area (Å²) in [6.45, 7) is 6.79. The first kappa shape index (κ1) is 25.8. The number of hydrogen-bond acceptors (Lipinski definition) is 6. The van der Waals surface area contributed by atoms with E-state index in [2.05, 4.69) is 16.0 Å². The van der Waals surface area contributed by atoms with Gasteiger partial charge in [-0.25, -0.2) is 4.79 Å². The molecule has 162 valence electrons. The van der Waals surface area contributed by atoms with E-state index in [4.69, 9.17) is 5.73 Å². The number of amides is 3. The van der Waals surface area contributed by atoms with Gasteiger partial charge in [-0.15, -0.1) is 0 Å². The summed E-state index contributed by atoms with van der Waals surface area (Å²) >= 11 is 0. The summed E-state index contributed by atoms with van der Waals surface area (Å²) in [6, 6.07) is -3.36. The molecule has 0 unspecified atom stereocenters. The summed E-state index contributed by atoms with van der Waals surface area (Å²) in [7, 11) is 0. The van der Waals surface area contributed by atoms with E-state index in [0.29, 0.717) is 6.42 Å². The van der Waals surface area contributed by atoms with Crippen molar-refractivity contribution in [2.24, 2.45) is 17.6 Å². The maximum atomic E-state index is 12.5. The number of aliphatic hydroxyl groups excluding tert-OH is 1. The van der Waals surface area contributed by atoms with Crippen LogP contribution in [-0.4, -0.2) is 65.2 Å². The highest BCUT2D eigenvalue weighted by Crippen LogP contribution is 2.07. The molecule has 0 aliphatic rings. The van der Waals surface area contributed by atoms with Gasteiger partial charge in [-0.2, -0.15) is 0 Å². The van der Waals surface area contributed by atoms with Crippen molar-refractivity contribution in [3.05, 3.63) is 0 Å². The smallest absolute Gasteiger partial charge is 0.326 e. The fourth-order valence-electron chi connectivity index (χ4n) is 2.53. The van der Waals surface area contributed by atoms with Gasteiger partial charge in [0.1, 0.15) is 18.1 Å². The fourth-order valence-corrected chi connectivity index (χ4v) is 2.53. The Balaban J connectivity index is 5.09. The van der Waals surface area contributed by atoms with E-state index in [1.165, 1.54) is 0 Å². The van der Waals surface area contributed by atoms with Gasteiger partial charge in [0.2, 0.25) is 17.7 Å². The van der Waals surface area contributed by atoms with Gasteiger partial charge in [0, 0.05) is 13.0 Å². The lowest BCUT2D eigenvalue weighted by atomic mass is 10.0. The van der Waals surface area contributed by atoms with E-state index in [-0.39, 0.29) is 31.2 Å². The number of hydrogen-bond donors (Lipinski definition) is 6. The molecular formula is C18H34N4O6. The van der Waals surface area contributed by atoms with Crippen LogP contribution in [0.1, 0.15) is 47.0 Å². The van der Waals surface area contributed by atoms with Crippen molar-refractivity contribution in [2.75, 3.05) is 13.2 Å². The third-order valence-electron chi connectivity index (χ3n) is 3.87. The largest absolute Gasteiger partial charge is 0.480 e. The van der Waals surface area contributed by atoms with Gasteiger partial charge in [-0.05, 0) is 24.7 Å².